The Kier molecular flexibility index (Phi) is 3.85. The molecule has 94 valence electrons. The van der Waals surface area contributed by atoms with Crippen LogP contribution in [0.25, 0.3) is 0 Å². The summed E-state index contributed by atoms with van der Waals surface area (Å²) in [4.78, 5) is 0. The number of benzene rings is 1. The number of aliphatic hydroxyl groups is 1. The third-order valence-corrected chi connectivity index (χ3v) is 3.53. The van der Waals surface area contributed by atoms with Gasteiger partial charge in [0.15, 0.2) is 0 Å². The van der Waals surface area contributed by atoms with Crippen molar-refractivity contribution < 1.29 is 5.11 Å². The molecule has 0 radical (unpaired) electrons. The molecule has 2 rings (SSSR count). The van der Waals surface area contributed by atoms with E-state index in [1.54, 1.807) is 0 Å². The van der Waals surface area contributed by atoms with Crippen LogP contribution in [0.5, 0.6) is 0 Å². The molecule has 1 aliphatic carbocycles. The van der Waals surface area contributed by atoms with E-state index in [1.807, 2.05) is 6.92 Å². The summed E-state index contributed by atoms with van der Waals surface area (Å²) in [7, 11) is 0. The summed E-state index contributed by atoms with van der Waals surface area (Å²) in [5, 5.41) is 13.7. The number of aryl methyl sites for hydroxylation is 2. The number of hydrogen-bond donors (Lipinski definition) is 2. The van der Waals surface area contributed by atoms with Gasteiger partial charge in [-0.1, -0.05) is 32.0 Å². The van der Waals surface area contributed by atoms with Gasteiger partial charge in [0.05, 0.1) is 6.10 Å². The average Bonchev–Trinajstić information content (AvgIpc) is 2.73. The van der Waals surface area contributed by atoms with E-state index in [4.69, 9.17) is 0 Å². The summed E-state index contributed by atoms with van der Waals surface area (Å²) in [5.74, 6) is 0. The lowest BCUT2D eigenvalue weighted by atomic mass is 9.99. The molecule has 2 N–H and O–H groups in total. The van der Waals surface area contributed by atoms with Gasteiger partial charge in [-0.3, -0.25) is 0 Å². The first-order valence-electron chi connectivity index (χ1n) is 6.63. The molecule has 0 saturated carbocycles. The summed E-state index contributed by atoms with van der Waals surface area (Å²) in [6.07, 6.45) is 3.21. The van der Waals surface area contributed by atoms with Gasteiger partial charge in [-0.05, 0) is 42.9 Å². The zero-order valence-electron chi connectivity index (χ0n) is 11.0. The number of aliphatic hydroxyl groups excluding tert-OH is 1. The molecular weight excluding hydrogens is 210 g/mol. The molecule has 2 unspecified atom stereocenters. The SMILES string of the molecule is CC(C)NC(C)C(O)c1ccc2c(c1)CCC2. The Morgan fingerprint density at radius 2 is 1.82 bits per heavy atom. The molecule has 2 heteroatoms. The van der Waals surface area contributed by atoms with E-state index in [2.05, 4.69) is 37.4 Å². The van der Waals surface area contributed by atoms with Crippen molar-refractivity contribution in [1.82, 2.24) is 5.32 Å². The van der Waals surface area contributed by atoms with E-state index in [0.717, 1.165) is 5.56 Å². The van der Waals surface area contributed by atoms with Crippen molar-refractivity contribution in [2.45, 2.75) is 58.2 Å². The van der Waals surface area contributed by atoms with Crippen LogP contribution in [0.2, 0.25) is 0 Å². The normalized spacial score (nSPS) is 18.2. The fourth-order valence-electron chi connectivity index (χ4n) is 2.68. The largest absolute Gasteiger partial charge is 0.387 e. The third-order valence-electron chi connectivity index (χ3n) is 3.53. The second-order valence-electron chi connectivity index (χ2n) is 5.44. The standard InChI is InChI=1S/C15H23NO/c1-10(2)16-11(3)15(17)14-8-7-12-5-4-6-13(12)9-14/h7-11,15-17H,4-6H2,1-3H3. The van der Waals surface area contributed by atoms with Crippen LogP contribution in [0, 0.1) is 0 Å². The molecule has 2 nitrogen and oxygen atoms in total. The zero-order valence-corrected chi connectivity index (χ0v) is 11.0. The van der Waals surface area contributed by atoms with Gasteiger partial charge in [-0.15, -0.1) is 0 Å². The van der Waals surface area contributed by atoms with Gasteiger partial charge < -0.3 is 10.4 Å². The summed E-state index contributed by atoms with van der Waals surface area (Å²) in [6, 6.07) is 6.94. The van der Waals surface area contributed by atoms with E-state index in [0.29, 0.717) is 6.04 Å². The lowest BCUT2D eigenvalue weighted by Crippen LogP contribution is -2.37. The van der Waals surface area contributed by atoms with E-state index in [9.17, 15) is 5.11 Å². The first-order chi connectivity index (χ1) is 8.08. The molecule has 1 aromatic carbocycles. The maximum Gasteiger partial charge on any atom is 0.0940 e. The first-order valence-corrected chi connectivity index (χ1v) is 6.63. The highest BCUT2D eigenvalue weighted by atomic mass is 16.3. The molecule has 0 heterocycles. The molecule has 2 atom stereocenters. The van der Waals surface area contributed by atoms with Crippen molar-refractivity contribution in [3.05, 3.63) is 34.9 Å². The Hall–Kier alpha value is -0.860. The van der Waals surface area contributed by atoms with Crippen molar-refractivity contribution in [2.75, 3.05) is 0 Å². The molecule has 0 aliphatic heterocycles. The van der Waals surface area contributed by atoms with Gasteiger partial charge in [-0.2, -0.15) is 0 Å². The monoisotopic (exact) mass is 233 g/mol. The lowest BCUT2D eigenvalue weighted by molar-refractivity contribution is 0.131. The van der Waals surface area contributed by atoms with Crippen LogP contribution in [-0.2, 0) is 12.8 Å². The zero-order chi connectivity index (χ0) is 12.4. The van der Waals surface area contributed by atoms with Crippen LogP contribution < -0.4 is 5.32 Å². The van der Waals surface area contributed by atoms with Crippen LogP contribution >= 0.6 is 0 Å². The van der Waals surface area contributed by atoms with Crippen LogP contribution in [0.15, 0.2) is 18.2 Å². The second kappa shape index (κ2) is 5.19. The molecule has 0 saturated heterocycles. The minimum absolute atomic E-state index is 0.0921. The number of rotatable bonds is 4. The Morgan fingerprint density at radius 1 is 1.12 bits per heavy atom. The predicted octanol–water partition coefficient (Wildman–Crippen LogP) is 2.60. The van der Waals surface area contributed by atoms with Gasteiger partial charge in [0.25, 0.3) is 0 Å². The molecule has 0 fully saturated rings. The highest BCUT2D eigenvalue weighted by molar-refractivity contribution is 5.36. The quantitative estimate of drug-likeness (QED) is 0.838. The third kappa shape index (κ3) is 2.88. The van der Waals surface area contributed by atoms with Crippen LogP contribution in [0.4, 0.5) is 0 Å². The Balaban J connectivity index is 2.11. The van der Waals surface area contributed by atoms with Crippen LogP contribution in [0.1, 0.15) is 50.0 Å². The Labute approximate surface area is 104 Å². The van der Waals surface area contributed by atoms with Gasteiger partial charge in [0, 0.05) is 12.1 Å². The molecule has 0 aromatic heterocycles. The Morgan fingerprint density at radius 3 is 2.53 bits per heavy atom. The van der Waals surface area contributed by atoms with E-state index in [1.165, 1.54) is 30.4 Å². The maximum atomic E-state index is 10.3. The van der Waals surface area contributed by atoms with Crippen molar-refractivity contribution in [1.29, 1.82) is 0 Å². The fraction of sp³-hybridized carbons (Fsp3) is 0.600. The molecular formula is C15H23NO. The van der Waals surface area contributed by atoms with Gasteiger partial charge >= 0.3 is 0 Å². The van der Waals surface area contributed by atoms with Gasteiger partial charge in [0.2, 0.25) is 0 Å². The van der Waals surface area contributed by atoms with Crippen molar-refractivity contribution in [2.24, 2.45) is 0 Å². The van der Waals surface area contributed by atoms with Crippen LogP contribution in [0.3, 0.4) is 0 Å². The molecule has 1 aliphatic rings. The number of fused-ring (bicyclic) bond motifs is 1. The predicted molar refractivity (Wildman–Crippen MR) is 71.2 cm³/mol. The highest BCUT2D eigenvalue weighted by Crippen LogP contribution is 2.26. The van der Waals surface area contributed by atoms with Crippen LogP contribution in [-0.4, -0.2) is 17.2 Å². The molecule has 0 spiro atoms. The summed E-state index contributed by atoms with van der Waals surface area (Å²) in [5.41, 5.74) is 3.94. The minimum atomic E-state index is -0.414. The van der Waals surface area contributed by atoms with Crippen molar-refractivity contribution in [3.63, 3.8) is 0 Å². The second-order valence-corrected chi connectivity index (χ2v) is 5.44. The lowest BCUT2D eigenvalue weighted by Gasteiger charge is -2.23. The van der Waals surface area contributed by atoms with Crippen molar-refractivity contribution >= 4 is 0 Å². The fourth-order valence-corrected chi connectivity index (χ4v) is 2.68. The smallest absolute Gasteiger partial charge is 0.0940 e. The summed E-state index contributed by atoms with van der Waals surface area (Å²) >= 11 is 0. The first kappa shape index (κ1) is 12.6. The Bertz CT molecular complexity index is 387. The molecule has 17 heavy (non-hydrogen) atoms. The van der Waals surface area contributed by atoms with E-state index < -0.39 is 6.10 Å². The van der Waals surface area contributed by atoms with Gasteiger partial charge in [0.1, 0.15) is 0 Å². The number of nitrogens with one attached hydrogen (secondary N) is 1. The minimum Gasteiger partial charge on any atom is -0.387 e. The van der Waals surface area contributed by atoms with E-state index >= 15 is 0 Å². The summed E-state index contributed by atoms with van der Waals surface area (Å²) < 4.78 is 0. The van der Waals surface area contributed by atoms with Gasteiger partial charge in [-0.25, -0.2) is 0 Å². The number of hydrogen-bond acceptors (Lipinski definition) is 2. The summed E-state index contributed by atoms with van der Waals surface area (Å²) in [6.45, 7) is 6.25. The topological polar surface area (TPSA) is 32.3 Å². The van der Waals surface area contributed by atoms with Crippen molar-refractivity contribution in [3.8, 4) is 0 Å². The highest BCUT2D eigenvalue weighted by Gasteiger charge is 2.19. The molecule has 0 bridgehead atoms. The molecule has 0 amide bonds. The maximum absolute atomic E-state index is 10.3. The molecule has 1 aromatic rings. The van der Waals surface area contributed by atoms with E-state index in [-0.39, 0.29) is 6.04 Å². The average molecular weight is 233 g/mol.